The summed E-state index contributed by atoms with van der Waals surface area (Å²) in [6, 6.07) is 8.34. The molecule has 0 fully saturated rings. The van der Waals surface area contributed by atoms with E-state index in [4.69, 9.17) is 10.8 Å². The average molecular weight is 253 g/mol. The third-order valence-corrected chi connectivity index (χ3v) is 4.76. The molecule has 3 atom stereocenters. The molecule has 4 N–H and O–H groups in total. The monoisotopic (exact) mass is 253 g/mol. The summed E-state index contributed by atoms with van der Waals surface area (Å²) < 4.78 is 0. The number of benzene rings is 1. The van der Waals surface area contributed by atoms with Crippen LogP contribution in [-0.4, -0.2) is 33.9 Å². The maximum absolute atomic E-state index is 9.36. The topological polar surface area (TPSA) is 66.5 Å². The minimum absolute atomic E-state index is 0.0378. The molecule has 0 heterocycles. The van der Waals surface area contributed by atoms with Crippen LogP contribution < -0.4 is 5.73 Å². The lowest BCUT2D eigenvalue weighted by Crippen LogP contribution is -2.31. The SMILES string of the molecule is NC1c2ccccc2CCC1SCC(O)CO. The molecular formula is C13H19NO2S. The van der Waals surface area contributed by atoms with Gasteiger partial charge in [0.25, 0.3) is 0 Å². The number of hydrogen-bond acceptors (Lipinski definition) is 4. The standard InChI is InChI=1S/C13H19NO2S/c14-13-11-4-2-1-3-9(11)5-6-12(13)17-8-10(16)7-15/h1-4,10,12-13,15-16H,5-8,14H2. The Morgan fingerprint density at radius 3 is 2.94 bits per heavy atom. The van der Waals surface area contributed by atoms with Gasteiger partial charge in [-0.3, -0.25) is 0 Å². The average Bonchev–Trinajstić information content (AvgIpc) is 2.38. The van der Waals surface area contributed by atoms with Gasteiger partial charge in [-0.25, -0.2) is 0 Å². The van der Waals surface area contributed by atoms with Crippen LogP contribution in [0.2, 0.25) is 0 Å². The van der Waals surface area contributed by atoms with E-state index in [0.717, 1.165) is 12.8 Å². The van der Waals surface area contributed by atoms with Gasteiger partial charge in [0.1, 0.15) is 0 Å². The van der Waals surface area contributed by atoms with Crippen molar-refractivity contribution in [3.05, 3.63) is 35.4 Å². The van der Waals surface area contributed by atoms with Crippen LogP contribution in [0, 0.1) is 0 Å². The summed E-state index contributed by atoms with van der Waals surface area (Å²) in [6.45, 7) is -0.175. The molecule has 1 aromatic rings. The van der Waals surface area contributed by atoms with Crippen molar-refractivity contribution in [3.63, 3.8) is 0 Å². The number of thioether (sulfide) groups is 1. The molecule has 4 heteroatoms. The van der Waals surface area contributed by atoms with Gasteiger partial charge in [0.05, 0.1) is 12.7 Å². The molecule has 0 aliphatic heterocycles. The first-order valence-electron chi connectivity index (χ1n) is 5.96. The minimum Gasteiger partial charge on any atom is -0.394 e. The van der Waals surface area contributed by atoms with E-state index < -0.39 is 6.10 Å². The van der Waals surface area contributed by atoms with E-state index in [1.807, 2.05) is 6.07 Å². The summed E-state index contributed by atoms with van der Waals surface area (Å²) in [6.07, 6.45) is 1.46. The Morgan fingerprint density at radius 1 is 1.41 bits per heavy atom. The number of aryl methyl sites for hydroxylation is 1. The second-order valence-corrected chi connectivity index (χ2v) is 5.74. The van der Waals surface area contributed by atoms with E-state index in [2.05, 4.69) is 18.2 Å². The van der Waals surface area contributed by atoms with Crippen molar-refractivity contribution < 1.29 is 10.2 Å². The second kappa shape index (κ2) is 5.87. The third-order valence-electron chi connectivity index (χ3n) is 3.23. The first-order valence-corrected chi connectivity index (χ1v) is 7.01. The van der Waals surface area contributed by atoms with Crippen molar-refractivity contribution >= 4 is 11.8 Å². The lowest BCUT2D eigenvalue weighted by molar-refractivity contribution is 0.113. The zero-order valence-electron chi connectivity index (χ0n) is 9.75. The Hall–Kier alpha value is -0.550. The largest absolute Gasteiger partial charge is 0.394 e. The summed E-state index contributed by atoms with van der Waals surface area (Å²) >= 11 is 1.67. The van der Waals surface area contributed by atoms with E-state index in [1.54, 1.807) is 11.8 Å². The van der Waals surface area contributed by atoms with Crippen LogP contribution in [0.15, 0.2) is 24.3 Å². The first kappa shape index (κ1) is 12.9. The van der Waals surface area contributed by atoms with Gasteiger partial charge in [0.2, 0.25) is 0 Å². The van der Waals surface area contributed by atoms with Crippen LogP contribution in [0.3, 0.4) is 0 Å². The fraction of sp³-hybridized carbons (Fsp3) is 0.538. The molecule has 1 aliphatic rings. The van der Waals surface area contributed by atoms with Gasteiger partial charge in [0.15, 0.2) is 0 Å². The van der Waals surface area contributed by atoms with Gasteiger partial charge in [-0.05, 0) is 24.0 Å². The molecule has 1 aromatic carbocycles. The first-order chi connectivity index (χ1) is 8.22. The number of aliphatic hydroxyl groups is 2. The summed E-state index contributed by atoms with van der Waals surface area (Å²) in [5, 5.41) is 18.5. The molecule has 0 aromatic heterocycles. The van der Waals surface area contributed by atoms with E-state index >= 15 is 0 Å². The van der Waals surface area contributed by atoms with E-state index in [-0.39, 0.29) is 12.6 Å². The van der Waals surface area contributed by atoms with Crippen LogP contribution >= 0.6 is 11.8 Å². The number of hydrogen-bond donors (Lipinski definition) is 3. The van der Waals surface area contributed by atoms with Crippen molar-refractivity contribution in [1.82, 2.24) is 0 Å². The van der Waals surface area contributed by atoms with Gasteiger partial charge in [-0.1, -0.05) is 24.3 Å². The lowest BCUT2D eigenvalue weighted by atomic mass is 9.88. The quantitative estimate of drug-likeness (QED) is 0.751. The Labute approximate surface area is 106 Å². The van der Waals surface area contributed by atoms with E-state index in [0.29, 0.717) is 11.0 Å². The highest BCUT2D eigenvalue weighted by atomic mass is 32.2. The second-order valence-electron chi connectivity index (χ2n) is 4.47. The molecule has 3 unspecified atom stereocenters. The van der Waals surface area contributed by atoms with Gasteiger partial charge in [0, 0.05) is 17.0 Å². The molecule has 2 rings (SSSR count). The number of nitrogens with two attached hydrogens (primary N) is 1. The molecule has 0 radical (unpaired) electrons. The Morgan fingerprint density at radius 2 is 2.18 bits per heavy atom. The predicted octanol–water partition coefficient (Wildman–Crippen LogP) is 1.09. The summed E-state index contributed by atoms with van der Waals surface area (Å²) in [5.41, 5.74) is 8.83. The number of rotatable bonds is 4. The normalized spacial score (nSPS) is 25.4. The lowest BCUT2D eigenvalue weighted by Gasteiger charge is -2.31. The molecule has 3 nitrogen and oxygen atoms in total. The van der Waals surface area contributed by atoms with Gasteiger partial charge in [-0.2, -0.15) is 11.8 Å². The summed E-state index contributed by atoms with van der Waals surface area (Å²) in [5.74, 6) is 0.553. The Balaban J connectivity index is 1.99. The van der Waals surface area contributed by atoms with Crippen LogP contribution in [0.25, 0.3) is 0 Å². The van der Waals surface area contributed by atoms with E-state index in [9.17, 15) is 5.11 Å². The fourth-order valence-electron chi connectivity index (χ4n) is 2.24. The van der Waals surface area contributed by atoms with Crippen LogP contribution in [0.1, 0.15) is 23.6 Å². The highest BCUT2D eigenvalue weighted by Crippen LogP contribution is 2.35. The molecule has 17 heavy (non-hydrogen) atoms. The van der Waals surface area contributed by atoms with E-state index in [1.165, 1.54) is 11.1 Å². The molecule has 94 valence electrons. The number of fused-ring (bicyclic) bond motifs is 1. The summed E-state index contributed by atoms with van der Waals surface area (Å²) in [4.78, 5) is 0. The molecule has 1 aliphatic carbocycles. The van der Waals surface area contributed by atoms with Crippen molar-refractivity contribution in [1.29, 1.82) is 0 Å². The van der Waals surface area contributed by atoms with Crippen LogP contribution in [-0.2, 0) is 6.42 Å². The fourth-order valence-corrected chi connectivity index (χ4v) is 3.45. The zero-order chi connectivity index (χ0) is 12.3. The van der Waals surface area contributed by atoms with Crippen molar-refractivity contribution in [2.24, 2.45) is 5.73 Å². The van der Waals surface area contributed by atoms with Gasteiger partial charge < -0.3 is 15.9 Å². The van der Waals surface area contributed by atoms with Gasteiger partial charge >= 0.3 is 0 Å². The predicted molar refractivity (Wildman–Crippen MR) is 71.0 cm³/mol. The molecule has 0 bridgehead atoms. The van der Waals surface area contributed by atoms with Crippen molar-refractivity contribution in [2.75, 3.05) is 12.4 Å². The maximum Gasteiger partial charge on any atom is 0.0861 e. The Bertz CT molecular complexity index is 372. The highest BCUT2D eigenvalue weighted by molar-refractivity contribution is 8.00. The van der Waals surface area contributed by atoms with Crippen LogP contribution in [0.4, 0.5) is 0 Å². The maximum atomic E-state index is 9.36. The zero-order valence-corrected chi connectivity index (χ0v) is 10.6. The third kappa shape index (κ3) is 3.01. The molecule has 0 saturated heterocycles. The van der Waals surface area contributed by atoms with Gasteiger partial charge in [-0.15, -0.1) is 0 Å². The highest BCUT2D eigenvalue weighted by Gasteiger charge is 2.26. The summed E-state index contributed by atoms with van der Waals surface area (Å²) in [7, 11) is 0. The molecule has 0 spiro atoms. The molecular weight excluding hydrogens is 234 g/mol. The van der Waals surface area contributed by atoms with Crippen LogP contribution in [0.5, 0.6) is 0 Å². The molecule has 0 amide bonds. The smallest absolute Gasteiger partial charge is 0.0861 e. The minimum atomic E-state index is -0.635. The van der Waals surface area contributed by atoms with Crippen molar-refractivity contribution in [3.8, 4) is 0 Å². The number of aliphatic hydroxyl groups excluding tert-OH is 2. The van der Waals surface area contributed by atoms with Crippen molar-refractivity contribution in [2.45, 2.75) is 30.2 Å². The molecule has 0 saturated carbocycles. The Kier molecular flexibility index (Phi) is 4.45.